The Hall–Kier alpha value is -3.07. The minimum absolute atomic E-state index is 0. The third kappa shape index (κ3) is 5.82. The third-order valence-corrected chi connectivity index (χ3v) is 7.15. The molecule has 38 heavy (non-hydrogen) atoms. The molecule has 1 fully saturated rings. The highest BCUT2D eigenvalue weighted by Crippen LogP contribution is 2.39. The van der Waals surface area contributed by atoms with E-state index in [1.807, 2.05) is 43.4 Å². The van der Waals surface area contributed by atoms with Crippen LogP contribution in [-0.2, 0) is 6.18 Å². The minimum Gasteiger partial charge on any atom is -0.348 e. The average Bonchev–Trinajstić information content (AvgIpc) is 3.50. The van der Waals surface area contributed by atoms with Crippen LogP contribution in [0.5, 0.6) is 0 Å². The van der Waals surface area contributed by atoms with Gasteiger partial charge in [-0.1, -0.05) is 52.3 Å². The summed E-state index contributed by atoms with van der Waals surface area (Å²) in [5, 5.41) is 3.08. The smallest absolute Gasteiger partial charge is 0.348 e. The van der Waals surface area contributed by atoms with Crippen molar-refractivity contribution in [1.82, 2.24) is 14.8 Å². The molecule has 0 bridgehead atoms. The van der Waals surface area contributed by atoms with E-state index >= 15 is 0 Å². The molecular weight excluding hydrogens is 579 g/mol. The number of nitrogens with zero attached hydrogens (tertiary/aromatic N) is 2. The maximum Gasteiger partial charge on any atom is 0.418 e. The van der Waals surface area contributed by atoms with Gasteiger partial charge in [0, 0.05) is 22.6 Å². The van der Waals surface area contributed by atoms with Gasteiger partial charge in [-0.3, -0.25) is 4.79 Å². The first kappa shape index (κ1) is 28.0. The Bertz CT molecular complexity index is 1440. The van der Waals surface area contributed by atoms with Gasteiger partial charge in [0.25, 0.3) is 5.91 Å². The molecule has 5 rings (SSSR count). The van der Waals surface area contributed by atoms with Crippen LogP contribution in [0.2, 0.25) is 0 Å². The number of para-hydroxylation sites is 1. The van der Waals surface area contributed by atoms with E-state index in [1.165, 1.54) is 12.1 Å². The highest BCUT2D eigenvalue weighted by Gasteiger charge is 2.34. The second kappa shape index (κ2) is 11.4. The predicted octanol–water partition coefficient (Wildman–Crippen LogP) is 7.45. The summed E-state index contributed by atoms with van der Waals surface area (Å²) >= 11 is 3.42. The van der Waals surface area contributed by atoms with Gasteiger partial charge in [-0.15, -0.1) is 12.4 Å². The van der Waals surface area contributed by atoms with Gasteiger partial charge in [0.05, 0.1) is 22.6 Å². The fourth-order valence-corrected chi connectivity index (χ4v) is 5.08. The Morgan fingerprint density at radius 3 is 2.26 bits per heavy atom. The van der Waals surface area contributed by atoms with Crippen molar-refractivity contribution in [2.45, 2.75) is 18.6 Å². The number of carbonyl (C=O) groups is 1. The lowest BCUT2D eigenvalue weighted by atomic mass is 10.1. The summed E-state index contributed by atoms with van der Waals surface area (Å²) in [5.41, 5.74) is 2.35. The molecule has 1 aromatic heterocycles. The Morgan fingerprint density at radius 2 is 1.61 bits per heavy atom. The summed E-state index contributed by atoms with van der Waals surface area (Å²) in [4.78, 5) is 15.2. The summed E-state index contributed by atoms with van der Waals surface area (Å²) in [6, 6.07) is 23.7. The number of carbonyl (C=O) groups excluding carboxylic acids is 1. The van der Waals surface area contributed by atoms with Crippen molar-refractivity contribution in [2.24, 2.45) is 0 Å². The van der Waals surface area contributed by atoms with Crippen LogP contribution in [0.3, 0.4) is 0 Å². The molecule has 4 aromatic rings. The normalized spacial score (nSPS) is 15.8. The molecule has 2 heterocycles. The van der Waals surface area contributed by atoms with Gasteiger partial charge in [-0.2, -0.15) is 13.2 Å². The number of likely N-dealkylation sites (tertiary alicyclic amines) is 1. The summed E-state index contributed by atoms with van der Waals surface area (Å²) in [5.74, 6) is -0.191. The van der Waals surface area contributed by atoms with Crippen molar-refractivity contribution in [2.75, 3.05) is 20.1 Å². The lowest BCUT2D eigenvalue weighted by Gasteiger charge is -2.19. The first-order chi connectivity index (χ1) is 17.7. The van der Waals surface area contributed by atoms with Crippen LogP contribution in [0, 0.1) is 0 Å². The largest absolute Gasteiger partial charge is 0.418 e. The number of aromatic nitrogens is 1. The Kier molecular flexibility index (Phi) is 8.35. The van der Waals surface area contributed by atoms with Crippen LogP contribution in [0.25, 0.3) is 28.2 Å². The van der Waals surface area contributed by atoms with Crippen molar-refractivity contribution < 1.29 is 18.0 Å². The maximum atomic E-state index is 14.1. The summed E-state index contributed by atoms with van der Waals surface area (Å²) < 4.78 is 44.7. The molecule has 1 aliphatic rings. The first-order valence-electron chi connectivity index (χ1n) is 11.9. The third-order valence-electron chi connectivity index (χ3n) is 6.62. The topological polar surface area (TPSA) is 37.3 Å². The van der Waals surface area contributed by atoms with Crippen molar-refractivity contribution in [3.63, 3.8) is 0 Å². The first-order valence-corrected chi connectivity index (χ1v) is 12.7. The van der Waals surface area contributed by atoms with Crippen LogP contribution in [0.1, 0.15) is 22.3 Å². The highest BCUT2D eigenvalue weighted by atomic mass is 79.9. The SMILES string of the molecule is CN1CC[C@H](NC(=O)c2cccc(-c3ccc(-c4ccc(Br)cc4)n3-c3ccccc3C(F)(F)F)c2)C1.Cl. The quantitative estimate of drug-likeness (QED) is 0.257. The zero-order chi connectivity index (χ0) is 26.2. The minimum atomic E-state index is -4.54. The van der Waals surface area contributed by atoms with Gasteiger partial charge < -0.3 is 14.8 Å². The molecule has 0 radical (unpaired) electrons. The van der Waals surface area contributed by atoms with Crippen LogP contribution in [0.4, 0.5) is 13.2 Å². The number of amides is 1. The molecule has 3 aromatic carbocycles. The Labute approximate surface area is 234 Å². The number of alkyl halides is 3. The second-order valence-corrected chi connectivity index (χ2v) is 10.2. The van der Waals surface area contributed by atoms with Gasteiger partial charge in [-0.05, 0) is 79.7 Å². The van der Waals surface area contributed by atoms with Crippen LogP contribution < -0.4 is 5.32 Å². The van der Waals surface area contributed by atoms with Gasteiger partial charge in [0.1, 0.15) is 0 Å². The van der Waals surface area contributed by atoms with Crippen molar-refractivity contribution >= 4 is 34.2 Å². The van der Waals surface area contributed by atoms with Gasteiger partial charge >= 0.3 is 6.18 Å². The molecule has 9 heteroatoms. The zero-order valence-corrected chi connectivity index (χ0v) is 22.9. The van der Waals surface area contributed by atoms with Crippen LogP contribution in [-0.4, -0.2) is 41.6 Å². The molecule has 1 aliphatic heterocycles. The van der Waals surface area contributed by atoms with Gasteiger partial charge in [0.2, 0.25) is 0 Å². The van der Waals surface area contributed by atoms with Crippen molar-refractivity contribution in [1.29, 1.82) is 0 Å². The number of hydrogen-bond acceptors (Lipinski definition) is 2. The number of likely N-dealkylation sites (N-methyl/N-ethyl adjacent to an activating group) is 1. The number of rotatable bonds is 5. The number of hydrogen-bond donors (Lipinski definition) is 1. The fraction of sp³-hybridized carbons (Fsp3) is 0.207. The molecule has 1 N–H and O–H groups in total. The van der Waals surface area contributed by atoms with Crippen LogP contribution in [0.15, 0.2) is 89.4 Å². The standard InChI is InChI=1S/C29H25BrF3N3O.ClH/c1-35-16-15-23(18-35)34-28(37)21-6-4-5-20(17-21)26-14-13-25(19-9-11-22(30)12-10-19)36(26)27-8-3-2-7-24(27)29(31,32)33;/h2-14,17,23H,15-16,18H2,1H3,(H,34,37);1H/t23-;/m0./s1. The Balaban J connectivity index is 0.00000336. The lowest BCUT2D eigenvalue weighted by molar-refractivity contribution is -0.137. The van der Waals surface area contributed by atoms with E-state index in [0.29, 0.717) is 22.5 Å². The zero-order valence-electron chi connectivity index (χ0n) is 20.5. The molecule has 1 amide bonds. The molecule has 0 spiro atoms. The monoisotopic (exact) mass is 603 g/mol. The van der Waals surface area contributed by atoms with Crippen molar-refractivity contribution in [3.05, 3.63) is 101 Å². The molecule has 198 valence electrons. The van der Waals surface area contributed by atoms with Crippen molar-refractivity contribution in [3.8, 4) is 28.2 Å². The molecular formula is C29H26BrClF3N3O. The number of nitrogens with one attached hydrogen (secondary N) is 1. The molecule has 4 nitrogen and oxygen atoms in total. The van der Waals surface area contributed by atoms with E-state index in [0.717, 1.165) is 35.6 Å². The van der Waals surface area contributed by atoms with E-state index in [2.05, 4.69) is 26.1 Å². The Morgan fingerprint density at radius 1 is 0.921 bits per heavy atom. The second-order valence-electron chi connectivity index (χ2n) is 9.26. The number of benzene rings is 3. The number of halogens is 5. The summed E-state index contributed by atoms with van der Waals surface area (Å²) in [7, 11) is 2.02. The maximum absolute atomic E-state index is 14.1. The lowest BCUT2D eigenvalue weighted by Crippen LogP contribution is -2.36. The summed E-state index contributed by atoms with van der Waals surface area (Å²) in [6.45, 7) is 1.72. The van der Waals surface area contributed by atoms with E-state index in [1.54, 1.807) is 34.9 Å². The molecule has 0 unspecified atom stereocenters. The van der Waals surface area contributed by atoms with E-state index < -0.39 is 11.7 Å². The molecule has 1 saturated heterocycles. The van der Waals surface area contributed by atoms with Gasteiger partial charge in [0.15, 0.2) is 0 Å². The van der Waals surface area contributed by atoms with Crippen LogP contribution >= 0.6 is 28.3 Å². The summed E-state index contributed by atoms with van der Waals surface area (Å²) in [6.07, 6.45) is -3.65. The molecule has 1 atom stereocenters. The molecule has 0 saturated carbocycles. The highest BCUT2D eigenvalue weighted by molar-refractivity contribution is 9.10. The average molecular weight is 605 g/mol. The molecule has 0 aliphatic carbocycles. The predicted molar refractivity (Wildman–Crippen MR) is 150 cm³/mol. The fourth-order valence-electron chi connectivity index (χ4n) is 4.82. The van der Waals surface area contributed by atoms with E-state index in [9.17, 15) is 18.0 Å². The van der Waals surface area contributed by atoms with E-state index in [4.69, 9.17) is 0 Å². The van der Waals surface area contributed by atoms with E-state index in [-0.39, 0.29) is 30.0 Å². The van der Waals surface area contributed by atoms with Gasteiger partial charge in [-0.25, -0.2) is 0 Å².